The zero-order chi connectivity index (χ0) is 18.3. The summed E-state index contributed by atoms with van der Waals surface area (Å²) in [6, 6.07) is 11.4. The fraction of sp³-hybridized carbons (Fsp3) is 0.278. The predicted octanol–water partition coefficient (Wildman–Crippen LogP) is 3.42. The van der Waals surface area contributed by atoms with E-state index < -0.39 is 10.0 Å². The number of sulfonamides is 1. The van der Waals surface area contributed by atoms with Crippen LogP contribution in [0.4, 0.5) is 0 Å². The zero-order valence-corrected chi connectivity index (χ0v) is 16.7. The smallest absolute Gasteiger partial charge is 0.264 e. The highest BCUT2D eigenvalue weighted by Crippen LogP contribution is 2.32. The van der Waals surface area contributed by atoms with Crippen molar-refractivity contribution in [2.75, 3.05) is 26.2 Å². The molecule has 4 rings (SSSR count). The van der Waals surface area contributed by atoms with E-state index in [9.17, 15) is 13.2 Å². The molecule has 1 saturated heterocycles. The minimum Gasteiger partial charge on any atom is -0.335 e. The van der Waals surface area contributed by atoms with Crippen LogP contribution in [0, 0.1) is 6.92 Å². The molecule has 2 aromatic heterocycles. The molecule has 0 aliphatic carbocycles. The molecule has 0 atom stereocenters. The molecule has 1 aliphatic rings. The molecule has 0 N–H and O–H groups in total. The molecule has 0 radical (unpaired) electrons. The van der Waals surface area contributed by atoms with Gasteiger partial charge in [-0.2, -0.15) is 4.31 Å². The van der Waals surface area contributed by atoms with Gasteiger partial charge in [0, 0.05) is 30.9 Å². The Labute approximate surface area is 160 Å². The normalized spacial score (nSPS) is 16.3. The monoisotopic (exact) mass is 406 g/mol. The first-order chi connectivity index (χ1) is 12.5. The highest BCUT2D eigenvalue weighted by atomic mass is 32.2. The second-order valence-corrected chi connectivity index (χ2v) is 10.3. The SMILES string of the molecule is Cc1c(C(=O)N2CCN(S(=O)(=O)c3cccs3)CC2)sc2ccccc12. The molecule has 0 spiro atoms. The van der Waals surface area contributed by atoms with Crippen LogP contribution in [-0.4, -0.2) is 49.7 Å². The molecule has 1 fully saturated rings. The Bertz CT molecular complexity index is 1050. The average Bonchev–Trinajstić information content (AvgIpc) is 3.31. The van der Waals surface area contributed by atoms with Crippen LogP contribution in [0.2, 0.25) is 0 Å². The molecule has 0 bridgehead atoms. The molecule has 1 amide bonds. The van der Waals surface area contributed by atoms with Crippen molar-refractivity contribution in [1.82, 2.24) is 9.21 Å². The summed E-state index contributed by atoms with van der Waals surface area (Å²) in [7, 11) is -3.44. The van der Waals surface area contributed by atoms with Crippen LogP contribution < -0.4 is 0 Å². The van der Waals surface area contributed by atoms with Crippen molar-refractivity contribution in [2.24, 2.45) is 0 Å². The van der Waals surface area contributed by atoms with E-state index in [1.807, 2.05) is 31.2 Å². The average molecular weight is 407 g/mol. The molecule has 26 heavy (non-hydrogen) atoms. The van der Waals surface area contributed by atoms with Gasteiger partial charge >= 0.3 is 0 Å². The molecule has 8 heteroatoms. The van der Waals surface area contributed by atoms with Crippen molar-refractivity contribution in [1.29, 1.82) is 0 Å². The van der Waals surface area contributed by atoms with Crippen LogP contribution in [0.15, 0.2) is 46.0 Å². The summed E-state index contributed by atoms with van der Waals surface area (Å²) >= 11 is 2.73. The van der Waals surface area contributed by atoms with Gasteiger partial charge in [-0.05, 0) is 35.4 Å². The number of rotatable bonds is 3. The second kappa shape index (κ2) is 6.77. The minimum absolute atomic E-state index is 0.00290. The number of carbonyl (C=O) groups excluding carboxylic acids is 1. The minimum atomic E-state index is -3.44. The molecular formula is C18H18N2O3S3. The first-order valence-corrected chi connectivity index (χ1v) is 11.4. The van der Waals surface area contributed by atoms with Gasteiger partial charge in [0.25, 0.3) is 15.9 Å². The Kier molecular flexibility index (Phi) is 4.60. The third-order valence-electron chi connectivity index (χ3n) is 4.65. The lowest BCUT2D eigenvalue weighted by Crippen LogP contribution is -2.50. The Morgan fingerprint density at radius 2 is 1.77 bits per heavy atom. The lowest BCUT2D eigenvalue weighted by atomic mass is 10.1. The van der Waals surface area contributed by atoms with Crippen molar-refractivity contribution in [3.63, 3.8) is 0 Å². The summed E-state index contributed by atoms with van der Waals surface area (Å²) in [4.78, 5) is 15.5. The zero-order valence-electron chi connectivity index (χ0n) is 14.2. The number of benzene rings is 1. The second-order valence-electron chi connectivity index (χ2n) is 6.18. The fourth-order valence-corrected chi connectivity index (χ4v) is 6.93. The lowest BCUT2D eigenvalue weighted by molar-refractivity contribution is 0.0702. The summed E-state index contributed by atoms with van der Waals surface area (Å²) in [5.74, 6) is -0.00290. The van der Waals surface area contributed by atoms with E-state index in [1.54, 1.807) is 22.4 Å². The van der Waals surface area contributed by atoms with E-state index in [1.165, 1.54) is 27.0 Å². The molecule has 3 heterocycles. The number of fused-ring (bicyclic) bond motifs is 1. The highest BCUT2D eigenvalue weighted by Gasteiger charge is 2.31. The van der Waals surface area contributed by atoms with Gasteiger partial charge in [-0.1, -0.05) is 24.3 Å². The molecular weight excluding hydrogens is 388 g/mol. The van der Waals surface area contributed by atoms with Crippen LogP contribution in [0.1, 0.15) is 15.2 Å². The van der Waals surface area contributed by atoms with Crippen LogP contribution in [0.3, 0.4) is 0 Å². The maximum absolute atomic E-state index is 12.9. The molecule has 5 nitrogen and oxygen atoms in total. The molecule has 1 aliphatic heterocycles. The number of hydrogen-bond acceptors (Lipinski definition) is 5. The summed E-state index contributed by atoms with van der Waals surface area (Å²) in [5, 5.41) is 2.87. The van der Waals surface area contributed by atoms with Gasteiger partial charge in [0.15, 0.2) is 0 Å². The third kappa shape index (κ3) is 2.96. The third-order valence-corrected chi connectivity index (χ3v) is 9.19. The first-order valence-electron chi connectivity index (χ1n) is 8.29. The summed E-state index contributed by atoms with van der Waals surface area (Å²) < 4.78 is 28.1. The van der Waals surface area contributed by atoms with Crippen LogP contribution in [-0.2, 0) is 10.0 Å². The summed E-state index contributed by atoms with van der Waals surface area (Å²) in [6.07, 6.45) is 0. The van der Waals surface area contributed by atoms with Crippen LogP contribution in [0.5, 0.6) is 0 Å². The van der Waals surface area contributed by atoms with Gasteiger partial charge in [0.05, 0.1) is 4.88 Å². The van der Waals surface area contributed by atoms with Crippen molar-refractivity contribution in [3.05, 3.63) is 52.2 Å². The van der Waals surface area contributed by atoms with Gasteiger partial charge in [-0.25, -0.2) is 8.42 Å². The van der Waals surface area contributed by atoms with Crippen LogP contribution >= 0.6 is 22.7 Å². The van der Waals surface area contributed by atoms with E-state index >= 15 is 0 Å². The summed E-state index contributed by atoms with van der Waals surface area (Å²) in [5.41, 5.74) is 1.00. The highest BCUT2D eigenvalue weighted by molar-refractivity contribution is 7.91. The molecule has 3 aromatic rings. The number of amides is 1. The Morgan fingerprint density at radius 1 is 1.04 bits per heavy atom. The molecule has 0 saturated carbocycles. The topological polar surface area (TPSA) is 57.7 Å². The Morgan fingerprint density at radius 3 is 2.42 bits per heavy atom. The summed E-state index contributed by atoms with van der Waals surface area (Å²) in [6.45, 7) is 3.46. The number of thiophene rings is 2. The standard InChI is InChI=1S/C18H18N2O3S3/c1-13-14-5-2-3-6-15(14)25-17(13)18(21)19-8-10-20(11-9-19)26(22,23)16-7-4-12-24-16/h2-7,12H,8-11H2,1H3. The van der Waals surface area contributed by atoms with E-state index in [4.69, 9.17) is 0 Å². The van der Waals surface area contributed by atoms with Gasteiger partial charge in [0.1, 0.15) is 4.21 Å². The van der Waals surface area contributed by atoms with Gasteiger partial charge < -0.3 is 4.90 Å². The van der Waals surface area contributed by atoms with Crippen molar-refractivity contribution >= 4 is 48.7 Å². The molecule has 1 aromatic carbocycles. The predicted molar refractivity (Wildman–Crippen MR) is 106 cm³/mol. The van der Waals surface area contributed by atoms with Crippen molar-refractivity contribution in [2.45, 2.75) is 11.1 Å². The van der Waals surface area contributed by atoms with E-state index in [-0.39, 0.29) is 5.91 Å². The number of carbonyl (C=O) groups is 1. The molecule has 0 unspecified atom stereocenters. The van der Waals surface area contributed by atoms with E-state index in [0.717, 1.165) is 20.5 Å². The largest absolute Gasteiger partial charge is 0.335 e. The Balaban J connectivity index is 1.51. The number of piperazine rings is 1. The van der Waals surface area contributed by atoms with Crippen LogP contribution in [0.25, 0.3) is 10.1 Å². The number of nitrogens with zero attached hydrogens (tertiary/aromatic N) is 2. The van der Waals surface area contributed by atoms with E-state index in [0.29, 0.717) is 30.4 Å². The van der Waals surface area contributed by atoms with Crippen molar-refractivity contribution < 1.29 is 13.2 Å². The lowest BCUT2D eigenvalue weighted by Gasteiger charge is -2.33. The van der Waals surface area contributed by atoms with Gasteiger partial charge in [-0.3, -0.25) is 4.79 Å². The van der Waals surface area contributed by atoms with Crippen molar-refractivity contribution in [3.8, 4) is 0 Å². The number of hydrogen-bond donors (Lipinski definition) is 0. The number of aryl methyl sites for hydroxylation is 1. The van der Waals surface area contributed by atoms with Gasteiger partial charge in [-0.15, -0.1) is 22.7 Å². The Hall–Kier alpha value is -1.74. The quantitative estimate of drug-likeness (QED) is 0.670. The van der Waals surface area contributed by atoms with E-state index in [2.05, 4.69) is 0 Å². The fourth-order valence-electron chi connectivity index (χ4n) is 3.19. The maximum Gasteiger partial charge on any atom is 0.264 e. The van der Waals surface area contributed by atoms with Gasteiger partial charge in [0.2, 0.25) is 0 Å². The molecule has 136 valence electrons. The maximum atomic E-state index is 12.9. The first kappa shape index (κ1) is 17.7.